The number of carbonyl (C=O) groups is 2. The van der Waals surface area contributed by atoms with Crippen LogP contribution in [0.5, 0.6) is 0 Å². The van der Waals surface area contributed by atoms with Crippen molar-refractivity contribution in [2.75, 3.05) is 33.2 Å². The molecule has 0 aromatic rings. The summed E-state index contributed by atoms with van der Waals surface area (Å²) in [6.07, 6.45) is -0.00767. The van der Waals surface area contributed by atoms with Gasteiger partial charge in [0.15, 0.2) is 0 Å². The second-order valence-electron chi connectivity index (χ2n) is 4.03. The van der Waals surface area contributed by atoms with Gasteiger partial charge in [0.2, 0.25) is 11.8 Å². The summed E-state index contributed by atoms with van der Waals surface area (Å²) >= 11 is 0. The predicted octanol–water partition coefficient (Wildman–Crippen LogP) is -0.810. The van der Waals surface area contributed by atoms with Crippen LogP contribution in [0.2, 0.25) is 0 Å². The minimum atomic E-state index is -0.163. The number of carbonyl (C=O) groups excluding carboxylic acids is 2. The SMILES string of the molecule is CNCC(C)CN1CCNC(=O)CC1=O. The van der Waals surface area contributed by atoms with Gasteiger partial charge in [-0.1, -0.05) is 6.92 Å². The second kappa shape index (κ2) is 5.70. The molecular formula is C10H19N3O2. The van der Waals surface area contributed by atoms with Gasteiger partial charge in [-0.3, -0.25) is 9.59 Å². The van der Waals surface area contributed by atoms with E-state index in [1.54, 1.807) is 4.90 Å². The number of nitrogens with one attached hydrogen (secondary N) is 2. The molecule has 5 heteroatoms. The zero-order valence-corrected chi connectivity index (χ0v) is 9.38. The molecule has 0 aliphatic carbocycles. The summed E-state index contributed by atoms with van der Waals surface area (Å²) in [7, 11) is 1.89. The summed E-state index contributed by atoms with van der Waals surface area (Å²) in [5, 5.41) is 5.77. The van der Waals surface area contributed by atoms with Crippen molar-refractivity contribution < 1.29 is 9.59 Å². The molecule has 1 heterocycles. The lowest BCUT2D eigenvalue weighted by atomic mass is 10.1. The molecule has 1 saturated heterocycles. The van der Waals surface area contributed by atoms with Crippen molar-refractivity contribution in [3.8, 4) is 0 Å². The van der Waals surface area contributed by atoms with E-state index in [0.29, 0.717) is 25.6 Å². The average molecular weight is 213 g/mol. The summed E-state index contributed by atoms with van der Waals surface area (Å²) in [6, 6.07) is 0. The van der Waals surface area contributed by atoms with E-state index in [2.05, 4.69) is 17.6 Å². The molecule has 1 aliphatic rings. The van der Waals surface area contributed by atoms with Crippen LogP contribution in [0, 0.1) is 5.92 Å². The standard InChI is InChI=1S/C10H19N3O2/c1-8(6-11-2)7-13-4-3-12-9(14)5-10(13)15/h8,11H,3-7H2,1-2H3,(H,12,14). The number of nitrogens with zero attached hydrogens (tertiary/aromatic N) is 1. The van der Waals surface area contributed by atoms with Crippen LogP contribution in [0.25, 0.3) is 0 Å². The Morgan fingerprint density at radius 3 is 2.93 bits per heavy atom. The lowest BCUT2D eigenvalue weighted by molar-refractivity contribution is -0.134. The lowest BCUT2D eigenvalue weighted by Crippen LogP contribution is -2.38. The minimum absolute atomic E-state index is 0.00767. The summed E-state index contributed by atoms with van der Waals surface area (Å²) in [5.41, 5.74) is 0. The van der Waals surface area contributed by atoms with Crippen LogP contribution in [0.3, 0.4) is 0 Å². The Morgan fingerprint density at radius 2 is 2.27 bits per heavy atom. The zero-order valence-electron chi connectivity index (χ0n) is 9.38. The highest BCUT2D eigenvalue weighted by molar-refractivity contribution is 5.97. The molecule has 0 bridgehead atoms. The molecule has 1 atom stereocenters. The third-order valence-corrected chi connectivity index (χ3v) is 2.45. The van der Waals surface area contributed by atoms with Gasteiger partial charge < -0.3 is 15.5 Å². The maximum atomic E-state index is 11.6. The zero-order chi connectivity index (χ0) is 11.3. The van der Waals surface area contributed by atoms with E-state index < -0.39 is 0 Å². The monoisotopic (exact) mass is 213 g/mol. The smallest absolute Gasteiger partial charge is 0.232 e. The third kappa shape index (κ3) is 3.87. The van der Waals surface area contributed by atoms with E-state index in [-0.39, 0.29) is 18.2 Å². The molecule has 1 fully saturated rings. The molecule has 5 nitrogen and oxygen atoms in total. The van der Waals surface area contributed by atoms with Crippen LogP contribution in [-0.2, 0) is 9.59 Å². The molecule has 0 aromatic heterocycles. The van der Waals surface area contributed by atoms with Gasteiger partial charge in [-0.05, 0) is 19.5 Å². The van der Waals surface area contributed by atoms with E-state index in [9.17, 15) is 9.59 Å². The Kier molecular flexibility index (Phi) is 4.55. The molecule has 0 radical (unpaired) electrons. The van der Waals surface area contributed by atoms with E-state index in [1.165, 1.54) is 0 Å². The van der Waals surface area contributed by atoms with Crippen molar-refractivity contribution in [1.29, 1.82) is 0 Å². The van der Waals surface area contributed by atoms with E-state index in [0.717, 1.165) is 6.54 Å². The molecule has 2 amide bonds. The number of rotatable bonds is 4. The van der Waals surface area contributed by atoms with Crippen molar-refractivity contribution in [3.05, 3.63) is 0 Å². The summed E-state index contributed by atoms with van der Waals surface area (Å²) < 4.78 is 0. The quantitative estimate of drug-likeness (QED) is 0.600. The van der Waals surface area contributed by atoms with Gasteiger partial charge in [-0.25, -0.2) is 0 Å². The normalized spacial score (nSPS) is 19.7. The van der Waals surface area contributed by atoms with E-state index in [1.807, 2.05) is 7.05 Å². The number of amides is 2. The molecular weight excluding hydrogens is 194 g/mol. The molecule has 1 rings (SSSR count). The first-order valence-electron chi connectivity index (χ1n) is 5.32. The Bertz CT molecular complexity index is 243. The van der Waals surface area contributed by atoms with Gasteiger partial charge in [0.25, 0.3) is 0 Å². The van der Waals surface area contributed by atoms with Crippen molar-refractivity contribution in [2.24, 2.45) is 5.92 Å². The van der Waals surface area contributed by atoms with Crippen LogP contribution in [0.1, 0.15) is 13.3 Å². The first-order chi connectivity index (χ1) is 7.13. The highest BCUT2D eigenvalue weighted by Gasteiger charge is 2.21. The van der Waals surface area contributed by atoms with Crippen LogP contribution < -0.4 is 10.6 Å². The Hall–Kier alpha value is -1.10. The first-order valence-corrected chi connectivity index (χ1v) is 5.32. The number of hydrogen-bond acceptors (Lipinski definition) is 3. The molecule has 86 valence electrons. The molecule has 15 heavy (non-hydrogen) atoms. The summed E-state index contributed by atoms with van der Waals surface area (Å²) in [4.78, 5) is 24.5. The highest BCUT2D eigenvalue weighted by atomic mass is 16.2. The lowest BCUT2D eigenvalue weighted by Gasteiger charge is -2.23. The van der Waals surface area contributed by atoms with Gasteiger partial charge in [0.05, 0.1) is 0 Å². The Labute approximate surface area is 90.2 Å². The summed E-state index contributed by atoms with van der Waals surface area (Å²) in [6.45, 7) is 4.87. The van der Waals surface area contributed by atoms with Crippen molar-refractivity contribution >= 4 is 11.8 Å². The van der Waals surface area contributed by atoms with Gasteiger partial charge in [0.1, 0.15) is 6.42 Å². The van der Waals surface area contributed by atoms with Crippen molar-refractivity contribution in [1.82, 2.24) is 15.5 Å². The van der Waals surface area contributed by atoms with Crippen LogP contribution in [0.4, 0.5) is 0 Å². The third-order valence-electron chi connectivity index (χ3n) is 2.45. The van der Waals surface area contributed by atoms with E-state index in [4.69, 9.17) is 0 Å². The van der Waals surface area contributed by atoms with Gasteiger partial charge >= 0.3 is 0 Å². The largest absolute Gasteiger partial charge is 0.354 e. The Morgan fingerprint density at radius 1 is 1.53 bits per heavy atom. The topological polar surface area (TPSA) is 61.4 Å². The average Bonchev–Trinajstić information content (AvgIpc) is 2.29. The van der Waals surface area contributed by atoms with Gasteiger partial charge in [-0.15, -0.1) is 0 Å². The van der Waals surface area contributed by atoms with Crippen LogP contribution in [0.15, 0.2) is 0 Å². The summed E-state index contributed by atoms with van der Waals surface area (Å²) in [5.74, 6) is 0.184. The molecule has 0 aromatic carbocycles. The van der Waals surface area contributed by atoms with Crippen molar-refractivity contribution in [2.45, 2.75) is 13.3 Å². The fourth-order valence-electron chi connectivity index (χ4n) is 1.75. The van der Waals surface area contributed by atoms with Gasteiger partial charge in [0, 0.05) is 19.6 Å². The maximum Gasteiger partial charge on any atom is 0.232 e. The molecule has 2 N–H and O–H groups in total. The molecule has 1 aliphatic heterocycles. The maximum absolute atomic E-state index is 11.6. The second-order valence-corrected chi connectivity index (χ2v) is 4.03. The highest BCUT2D eigenvalue weighted by Crippen LogP contribution is 2.03. The van der Waals surface area contributed by atoms with Crippen molar-refractivity contribution in [3.63, 3.8) is 0 Å². The predicted molar refractivity (Wildman–Crippen MR) is 57.3 cm³/mol. The fourth-order valence-corrected chi connectivity index (χ4v) is 1.75. The fraction of sp³-hybridized carbons (Fsp3) is 0.800. The Balaban J connectivity index is 2.45. The number of hydrogen-bond donors (Lipinski definition) is 2. The van der Waals surface area contributed by atoms with Crippen LogP contribution in [-0.4, -0.2) is 49.9 Å². The minimum Gasteiger partial charge on any atom is -0.354 e. The first kappa shape index (κ1) is 12.0. The van der Waals surface area contributed by atoms with Crippen LogP contribution >= 0.6 is 0 Å². The molecule has 1 unspecified atom stereocenters. The molecule has 0 saturated carbocycles. The van der Waals surface area contributed by atoms with Gasteiger partial charge in [-0.2, -0.15) is 0 Å². The molecule has 0 spiro atoms. The van der Waals surface area contributed by atoms with E-state index >= 15 is 0 Å².